The number of hydrogen-bond acceptors (Lipinski definition) is 4. The van der Waals surface area contributed by atoms with E-state index < -0.39 is 9.84 Å². The highest BCUT2D eigenvalue weighted by Gasteiger charge is 2.13. The molecule has 1 heterocycles. The fraction of sp³-hybridized carbons (Fsp3) is 0.167. The molecular formula is C6H4ClN3O2S. The molecule has 0 aromatic carbocycles. The number of nitrogens with zero attached hydrogens (tertiary/aromatic N) is 3. The molecule has 0 atom stereocenters. The fourth-order valence-corrected chi connectivity index (χ4v) is 1.32. The smallest absolute Gasteiger partial charge is 0.239 e. The topological polar surface area (TPSA) is 64.3 Å². The molecule has 0 amide bonds. The van der Waals surface area contributed by atoms with E-state index in [1.807, 2.05) is 0 Å². The van der Waals surface area contributed by atoms with Gasteiger partial charge in [0, 0.05) is 12.5 Å². The lowest BCUT2D eigenvalue weighted by atomic mass is 10.6. The van der Waals surface area contributed by atoms with Crippen molar-refractivity contribution in [3.05, 3.63) is 22.8 Å². The molecule has 0 aliphatic heterocycles. The standard InChI is InChI=1S/C6H4ClN3O2S/c1-8-4-3-9-6(10-5(4)7)13(2,11)12/h3H,2H3. The first-order valence-corrected chi connectivity index (χ1v) is 5.32. The van der Waals surface area contributed by atoms with Gasteiger partial charge >= 0.3 is 0 Å². The second-order valence-electron chi connectivity index (χ2n) is 2.21. The number of sulfone groups is 1. The Balaban J connectivity index is 3.36. The van der Waals surface area contributed by atoms with Crippen molar-refractivity contribution in [1.29, 1.82) is 0 Å². The van der Waals surface area contributed by atoms with Gasteiger partial charge < -0.3 is 0 Å². The zero-order chi connectivity index (χ0) is 10.1. The van der Waals surface area contributed by atoms with Crippen molar-refractivity contribution in [2.24, 2.45) is 0 Å². The third-order valence-corrected chi connectivity index (χ3v) is 2.29. The molecule has 0 spiro atoms. The van der Waals surface area contributed by atoms with Crippen LogP contribution in [0.2, 0.25) is 5.15 Å². The molecule has 0 saturated carbocycles. The SMILES string of the molecule is [C-]#[N+]c1cnc(S(C)(=O)=O)nc1Cl. The molecule has 1 rings (SSSR count). The van der Waals surface area contributed by atoms with Crippen LogP contribution in [0.3, 0.4) is 0 Å². The van der Waals surface area contributed by atoms with E-state index in [1.54, 1.807) is 0 Å². The Hall–Kier alpha value is -1.19. The Labute approximate surface area is 80.1 Å². The summed E-state index contributed by atoms with van der Waals surface area (Å²) in [6.45, 7) is 6.62. The molecular weight excluding hydrogens is 214 g/mol. The maximum Gasteiger partial charge on any atom is 0.245 e. The van der Waals surface area contributed by atoms with Gasteiger partial charge in [0.25, 0.3) is 0 Å². The summed E-state index contributed by atoms with van der Waals surface area (Å²) >= 11 is 5.51. The molecule has 0 fully saturated rings. The van der Waals surface area contributed by atoms with E-state index in [1.165, 1.54) is 0 Å². The maximum absolute atomic E-state index is 10.9. The average Bonchev–Trinajstić information content (AvgIpc) is 2.02. The predicted molar refractivity (Wildman–Crippen MR) is 46.4 cm³/mol. The molecule has 7 heteroatoms. The molecule has 0 aliphatic rings. The number of hydrogen-bond donors (Lipinski definition) is 0. The molecule has 13 heavy (non-hydrogen) atoms. The van der Waals surface area contributed by atoms with Crippen LogP contribution in [0.25, 0.3) is 4.85 Å². The van der Waals surface area contributed by atoms with E-state index in [9.17, 15) is 8.42 Å². The Morgan fingerprint density at radius 1 is 1.62 bits per heavy atom. The maximum atomic E-state index is 10.9. The normalized spacial score (nSPS) is 10.8. The summed E-state index contributed by atoms with van der Waals surface area (Å²) in [5.41, 5.74) is 0.0362. The number of halogens is 1. The third-order valence-electron chi connectivity index (χ3n) is 1.15. The minimum Gasteiger partial charge on any atom is -0.239 e. The van der Waals surface area contributed by atoms with Gasteiger partial charge in [-0.2, -0.15) is 0 Å². The van der Waals surface area contributed by atoms with Crippen LogP contribution in [0.4, 0.5) is 5.69 Å². The van der Waals surface area contributed by atoms with Crippen LogP contribution in [0.1, 0.15) is 0 Å². The van der Waals surface area contributed by atoms with Crippen molar-refractivity contribution < 1.29 is 8.42 Å². The van der Waals surface area contributed by atoms with E-state index in [2.05, 4.69) is 14.8 Å². The van der Waals surface area contributed by atoms with Gasteiger partial charge in [-0.25, -0.2) is 23.2 Å². The molecule has 68 valence electrons. The monoisotopic (exact) mass is 217 g/mol. The van der Waals surface area contributed by atoms with Crippen LogP contribution in [0.5, 0.6) is 0 Å². The van der Waals surface area contributed by atoms with Gasteiger partial charge in [0.05, 0.1) is 6.57 Å². The Morgan fingerprint density at radius 3 is 2.62 bits per heavy atom. The highest BCUT2D eigenvalue weighted by molar-refractivity contribution is 7.90. The summed E-state index contributed by atoms with van der Waals surface area (Å²) in [5.74, 6) is 0. The lowest BCUT2D eigenvalue weighted by Gasteiger charge is -1.97. The summed E-state index contributed by atoms with van der Waals surface area (Å²) in [6.07, 6.45) is 2.05. The summed E-state index contributed by atoms with van der Waals surface area (Å²) in [7, 11) is -3.46. The molecule has 0 bridgehead atoms. The van der Waals surface area contributed by atoms with Gasteiger partial charge in [0.2, 0.25) is 20.7 Å². The number of rotatable bonds is 1. The van der Waals surface area contributed by atoms with Crippen LogP contribution in [0.15, 0.2) is 11.4 Å². The fourth-order valence-electron chi connectivity index (χ4n) is 0.593. The van der Waals surface area contributed by atoms with Crippen molar-refractivity contribution in [1.82, 2.24) is 9.97 Å². The first-order valence-electron chi connectivity index (χ1n) is 3.05. The summed E-state index contributed by atoms with van der Waals surface area (Å²) < 4.78 is 21.8. The van der Waals surface area contributed by atoms with E-state index in [4.69, 9.17) is 18.2 Å². The molecule has 0 unspecified atom stereocenters. The van der Waals surface area contributed by atoms with Gasteiger partial charge in [-0.3, -0.25) is 0 Å². The van der Waals surface area contributed by atoms with Crippen LogP contribution >= 0.6 is 11.6 Å². The highest BCUT2D eigenvalue weighted by Crippen LogP contribution is 2.21. The first-order chi connectivity index (χ1) is 5.95. The molecule has 0 aliphatic carbocycles. The van der Waals surface area contributed by atoms with Crippen LogP contribution in [0, 0.1) is 6.57 Å². The predicted octanol–water partition coefficient (Wildman–Crippen LogP) is 1.08. The zero-order valence-corrected chi connectivity index (χ0v) is 8.09. The second kappa shape index (κ2) is 3.28. The number of aromatic nitrogens is 2. The molecule has 0 saturated heterocycles. The van der Waals surface area contributed by atoms with E-state index in [-0.39, 0.29) is 16.0 Å². The van der Waals surface area contributed by atoms with Gasteiger partial charge in [0.1, 0.15) is 5.15 Å². The van der Waals surface area contributed by atoms with Crippen molar-refractivity contribution in [2.45, 2.75) is 5.16 Å². The third kappa shape index (κ3) is 2.14. The van der Waals surface area contributed by atoms with Crippen molar-refractivity contribution in [2.75, 3.05) is 6.26 Å². The molecule has 1 aromatic heterocycles. The Morgan fingerprint density at radius 2 is 2.23 bits per heavy atom. The van der Waals surface area contributed by atoms with E-state index >= 15 is 0 Å². The summed E-state index contributed by atoms with van der Waals surface area (Å²) in [6, 6.07) is 0. The van der Waals surface area contributed by atoms with E-state index in [0.29, 0.717) is 0 Å². The van der Waals surface area contributed by atoms with Gasteiger partial charge in [-0.15, -0.1) is 0 Å². The summed E-state index contributed by atoms with van der Waals surface area (Å²) in [4.78, 5) is 9.94. The largest absolute Gasteiger partial charge is 0.245 e. The van der Waals surface area contributed by atoms with Gasteiger partial charge in [0.15, 0.2) is 0 Å². The van der Waals surface area contributed by atoms with Gasteiger partial charge in [-0.05, 0) is 0 Å². The van der Waals surface area contributed by atoms with Crippen LogP contribution < -0.4 is 0 Å². The van der Waals surface area contributed by atoms with Crippen molar-refractivity contribution in [3.63, 3.8) is 0 Å². The Bertz CT molecular complexity index is 477. The minimum atomic E-state index is -3.46. The zero-order valence-electron chi connectivity index (χ0n) is 6.52. The average molecular weight is 218 g/mol. The highest BCUT2D eigenvalue weighted by atomic mass is 35.5. The molecule has 5 nitrogen and oxygen atoms in total. The minimum absolute atomic E-state index is 0.0362. The van der Waals surface area contributed by atoms with Crippen LogP contribution in [-0.2, 0) is 9.84 Å². The summed E-state index contributed by atoms with van der Waals surface area (Å²) in [5, 5.41) is -0.518. The quantitative estimate of drug-likeness (QED) is 0.401. The van der Waals surface area contributed by atoms with E-state index in [0.717, 1.165) is 12.5 Å². The Kier molecular flexibility index (Phi) is 2.50. The first kappa shape index (κ1) is 9.89. The molecule has 0 N–H and O–H groups in total. The lowest BCUT2D eigenvalue weighted by Crippen LogP contribution is -2.03. The molecule has 0 radical (unpaired) electrons. The van der Waals surface area contributed by atoms with Gasteiger partial charge in [-0.1, -0.05) is 11.6 Å². The van der Waals surface area contributed by atoms with Crippen molar-refractivity contribution >= 4 is 27.1 Å². The second-order valence-corrected chi connectivity index (χ2v) is 4.48. The lowest BCUT2D eigenvalue weighted by molar-refractivity contribution is 0.593. The van der Waals surface area contributed by atoms with Crippen LogP contribution in [-0.4, -0.2) is 24.6 Å². The van der Waals surface area contributed by atoms with Crippen molar-refractivity contribution in [3.8, 4) is 0 Å². The molecule has 1 aromatic rings.